The van der Waals surface area contributed by atoms with E-state index in [1.807, 2.05) is 6.92 Å². The second-order valence-corrected chi connectivity index (χ2v) is 1.89. The average Bonchev–Trinajstić information content (AvgIpc) is 1.88. The summed E-state index contributed by atoms with van der Waals surface area (Å²) in [5.74, 6) is 0. The van der Waals surface area contributed by atoms with Gasteiger partial charge in [0.15, 0.2) is 0 Å². The van der Waals surface area contributed by atoms with Gasteiger partial charge in [-0.2, -0.15) is 0 Å². The number of nitrogens with two attached hydrogens (primary N) is 2. The molecule has 0 heterocycles. The molecule has 0 aliphatic carbocycles. The molecule has 0 aliphatic rings. The van der Waals surface area contributed by atoms with Crippen LogP contribution in [0.15, 0.2) is 0 Å². The van der Waals surface area contributed by atoms with Gasteiger partial charge in [0, 0.05) is 13.2 Å². The van der Waals surface area contributed by atoms with E-state index in [2.05, 4.69) is 0 Å². The maximum absolute atomic E-state index is 5.36. The van der Waals surface area contributed by atoms with Crippen LogP contribution in [-0.2, 0) is 25.8 Å². The molecule has 6 heteroatoms. The van der Waals surface area contributed by atoms with Crippen molar-refractivity contribution in [2.24, 2.45) is 11.5 Å². The van der Waals surface area contributed by atoms with Crippen molar-refractivity contribution >= 4 is 0 Å². The Balaban J connectivity index is -0.000000107. The van der Waals surface area contributed by atoms with Crippen LogP contribution in [0, 0.1) is 0 Å². The van der Waals surface area contributed by atoms with E-state index in [9.17, 15) is 0 Å². The van der Waals surface area contributed by atoms with E-state index in [-0.39, 0.29) is 52.0 Å². The Morgan fingerprint density at radius 3 is 2.00 bits per heavy atom. The summed E-state index contributed by atoms with van der Waals surface area (Å²) in [7, 11) is 0. The molecule has 12 heavy (non-hydrogen) atoms. The van der Waals surface area contributed by atoms with E-state index in [1.54, 1.807) is 0 Å². The van der Waals surface area contributed by atoms with Crippen LogP contribution in [0.1, 0.15) is 13.3 Å². The molecule has 0 fully saturated rings. The number of rotatable bonds is 5. The van der Waals surface area contributed by atoms with Crippen LogP contribution < -0.4 is 36.3 Å². The Labute approximate surface area is 101 Å². The van der Waals surface area contributed by atoms with Gasteiger partial charge in [0.1, 0.15) is 0 Å². The van der Waals surface area contributed by atoms with Gasteiger partial charge >= 0.3 is 21.1 Å². The molecule has 0 bridgehead atoms. The third kappa shape index (κ3) is 13.7. The molecule has 0 rings (SSSR count). The summed E-state index contributed by atoms with van der Waals surface area (Å²) in [6.07, 6.45) is 1.03. The maximum Gasteiger partial charge on any atom is 2.00 e. The van der Waals surface area contributed by atoms with E-state index in [4.69, 9.17) is 16.2 Å². The summed E-state index contributed by atoms with van der Waals surface area (Å²) in [6.45, 7) is 3.91. The summed E-state index contributed by atoms with van der Waals surface area (Å²) >= 11 is 0. The fraction of sp³-hybridized carbons (Fsp3) is 1.00. The zero-order valence-electron chi connectivity index (χ0n) is 7.04. The molecule has 1 atom stereocenters. The monoisotopic (exact) mass is 397 g/mol. The predicted octanol–water partition coefficient (Wildman–Crippen LogP) is -6.30. The van der Waals surface area contributed by atoms with Gasteiger partial charge in [-0.05, 0) is 19.9 Å². The predicted molar refractivity (Wildman–Crippen MR) is 38.1 cm³/mol. The molecular formula is C6H16Cl2N2OPt. The Morgan fingerprint density at radius 1 is 1.25 bits per heavy atom. The van der Waals surface area contributed by atoms with Gasteiger partial charge < -0.3 is 41.0 Å². The first-order valence-electron chi connectivity index (χ1n) is 3.36. The van der Waals surface area contributed by atoms with E-state index in [0.717, 1.165) is 13.0 Å². The summed E-state index contributed by atoms with van der Waals surface area (Å²) in [4.78, 5) is 0. The molecule has 0 aromatic heterocycles. The first-order valence-corrected chi connectivity index (χ1v) is 3.36. The van der Waals surface area contributed by atoms with Crippen LogP contribution in [0.25, 0.3) is 0 Å². The molecule has 0 aromatic carbocycles. The van der Waals surface area contributed by atoms with Gasteiger partial charge in [-0.3, -0.25) is 0 Å². The van der Waals surface area contributed by atoms with Crippen molar-refractivity contribution in [2.75, 3.05) is 19.7 Å². The Bertz CT molecular complexity index is 65.5. The van der Waals surface area contributed by atoms with E-state index in [0.29, 0.717) is 13.1 Å². The summed E-state index contributed by atoms with van der Waals surface area (Å²) < 4.78 is 5.23. The quantitative estimate of drug-likeness (QED) is 0.485. The Morgan fingerprint density at radius 2 is 1.75 bits per heavy atom. The Kier molecular flexibility index (Phi) is 34.9. The van der Waals surface area contributed by atoms with Crippen molar-refractivity contribution in [1.29, 1.82) is 0 Å². The van der Waals surface area contributed by atoms with Gasteiger partial charge in [0.2, 0.25) is 0 Å². The van der Waals surface area contributed by atoms with Gasteiger partial charge in [-0.25, -0.2) is 0 Å². The van der Waals surface area contributed by atoms with Crippen LogP contribution in [0.5, 0.6) is 0 Å². The van der Waals surface area contributed by atoms with E-state index in [1.165, 1.54) is 0 Å². The second-order valence-electron chi connectivity index (χ2n) is 1.89. The van der Waals surface area contributed by atoms with Crippen LogP contribution >= 0.6 is 0 Å². The molecule has 0 aliphatic heterocycles. The zero-order chi connectivity index (χ0) is 7.11. The summed E-state index contributed by atoms with van der Waals surface area (Å²) in [5, 5.41) is 0. The molecule has 0 saturated heterocycles. The van der Waals surface area contributed by atoms with Crippen molar-refractivity contribution in [3.05, 3.63) is 0 Å². The van der Waals surface area contributed by atoms with Crippen LogP contribution in [0.4, 0.5) is 0 Å². The number of hydrogen-bond acceptors (Lipinski definition) is 3. The van der Waals surface area contributed by atoms with Gasteiger partial charge in [0.05, 0.1) is 6.10 Å². The minimum Gasteiger partial charge on any atom is -1.00 e. The van der Waals surface area contributed by atoms with Crippen LogP contribution in [0.3, 0.4) is 0 Å². The maximum atomic E-state index is 5.36. The molecule has 0 saturated carbocycles. The van der Waals surface area contributed by atoms with Gasteiger partial charge in [-0.1, -0.05) is 0 Å². The third-order valence-corrected chi connectivity index (χ3v) is 1.15. The second kappa shape index (κ2) is 18.0. The molecule has 0 aromatic rings. The first kappa shape index (κ1) is 23.2. The standard InChI is InChI=1S/C6H16N2O.2ClH.Pt/c1-2-9-6(5-8)3-4-7;;;/h6H,2-5,7-8H2,1H3;2*1H;/q;;;+2/p-2/t6-;;;/m1.../s1. The van der Waals surface area contributed by atoms with Crippen LogP contribution in [0.2, 0.25) is 0 Å². The number of hydrogen-bond donors (Lipinski definition) is 2. The van der Waals surface area contributed by atoms with Gasteiger partial charge in [0.25, 0.3) is 0 Å². The van der Waals surface area contributed by atoms with E-state index >= 15 is 0 Å². The minimum atomic E-state index is 0. The minimum absolute atomic E-state index is 0. The van der Waals surface area contributed by atoms with Crippen molar-refractivity contribution in [1.82, 2.24) is 0 Å². The zero-order valence-corrected chi connectivity index (χ0v) is 10.8. The van der Waals surface area contributed by atoms with E-state index < -0.39 is 0 Å². The number of ether oxygens (including phenoxy) is 1. The molecule has 0 spiro atoms. The topological polar surface area (TPSA) is 61.3 Å². The molecule has 80 valence electrons. The molecule has 0 amide bonds. The van der Waals surface area contributed by atoms with Crippen LogP contribution in [-0.4, -0.2) is 25.8 Å². The average molecular weight is 398 g/mol. The first-order chi connectivity index (χ1) is 4.35. The molecular weight excluding hydrogens is 382 g/mol. The fourth-order valence-corrected chi connectivity index (χ4v) is 0.691. The molecule has 0 unspecified atom stereocenters. The normalized spacial score (nSPS) is 10.2. The van der Waals surface area contributed by atoms with Crippen molar-refractivity contribution in [3.63, 3.8) is 0 Å². The SMILES string of the molecule is CCO[C@@H](CN)CCN.[Cl-].[Cl-].[Pt+2]. The smallest absolute Gasteiger partial charge is 1.00 e. The Hall–Kier alpha value is 1.15. The molecule has 0 radical (unpaired) electrons. The van der Waals surface area contributed by atoms with Gasteiger partial charge in [-0.15, -0.1) is 0 Å². The third-order valence-electron chi connectivity index (χ3n) is 1.15. The molecule has 3 nitrogen and oxygen atoms in total. The largest absolute Gasteiger partial charge is 2.00 e. The molecule has 4 N–H and O–H groups in total. The van der Waals surface area contributed by atoms with Crippen molar-refractivity contribution in [3.8, 4) is 0 Å². The summed E-state index contributed by atoms with van der Waals surface area (Å²) in [5.41, 5.74) is 10.7. The summed E-state index contributed by atoms with van der Waals surface area (Å²) in [6, 6.07) is 0. The van der Waals surface area contributed by atoms with Crippen molar-refractivity contribution < 1.29 is 50.6 Å². The van der Waals surface area contributed by atoms with Crippen molar-refractivity contribution in [2.45, 2.75) is 19.4 Å². The fourth-order valence-electron chi connectivity index (χ4n) is 0.691. The number of halogens is 2.